The Balaban J connectivity index is 1.60. The van der Waals surface area contributed by atoms with Crippen LogP contribution in [0.3, 0.4) is 0 Å². The van der Waals surface area contributed by atoms with Crippen LogP contribution in [-0.2, 0) is 4.74 Å². The number of anilines is 1. The number of ether oxygens (including phenoxy) is 1. The van der Waals surface area contributed by atoms with E-state index in [0.29, 0.717) is 5.92 Å². The Labute approximate surface area is 115 Å². The van der Waals surface area contributed by atoms with Crippen molar-refractivity contribution < 1.29 is 4.74 Å². The molecule has 2 aliphatic rings. The topological polar surface area (TPSA) is 24.5 Å². The van der Waals surface area contributed by atoms with Gasteiger partial charge in [0.25, 0.3) is 0 Å². The Kier molecular flexibility index (Phi) is 4.04. The first-order chi connectivity index (χ1) is 9.36. The van der Waals surface area contributed by atoms with Gasteiger partial charge >= 0.3 is 0 Å². The van der Waals surface area contributed by atoms with Crippen LogP contribution in [0.1, 0.15) is 24.3 Å². The molecule has 3 nitrogen and oxygen atoms in total. The van der Waals surface area contributed by atoms with Crippen molar-refractivity contribution >= 4 is 5.69 Å². The number of hydrogen-bond acceptors (Lipinski definition) is 3. The number of fused-ring (bicyclic) bond motifs is 1. The molecule has 1 N–H and O–H groups in total. The van der Waals surface area contributed by atoms with Gasteiger partial charge in [0.15, 0.2) is 0 Å². The van der Waals surface area contributed by atoms with E-state index >= 15 is 0 Å². The van der Waals surface area contributed by atoms with Crippen molar-refractivity contribution in [2.45, 2.75) is 18.8 Å². The van der Waals surface area contributed by atoms with Gasteiger partial charge < -0.3 is 15.0 Å². The second kappa shape index (κ2) is 5.93. The summed E-state index contributed by atoms with van der Waals surface area (Å²) in [6.07, 6.45) is 2.64. The number of hydrogen-bond donors (Lipinski definition) is 1. The zero-order chi connectivity index (χ0) is 13.1. The van der Waals surface area contributed by atoms with Crippen LogP contribution in [0.4, 0.5) is 5.69 Å². The lowest BCUT2D eigenvalue weighted by Crippen LogP contribution is -2.39. The smallest absolute Gasteiger partial charge is 0.0502 e. The first-order valence-electron chi connectivity index (χ1n) is 7.41. The number of methoxy groups -OCH3 is 1. The van der Waals surface area contributed by atoms with Gasteiger partial charge in [-0.2, -0.15) is 0 Å². The number of piperidine rings is 1. The zero-order valence-corrected chi connectivity index (χ0v) is 11.8. The summed E-state index contributed by atoms with van der Waals surface area (Å²) in [5.41, 5.74) is 2.83. The summed E-state index contributed by atoms with van der Waals surface area (Å²) < 4.78 is 5.32. The fourth-order valence-electron chi connectivity index (χ4n) is 3.52. The number of benzene rings is 1. The highest BCUT2D eigenvalue weighted by Crippen LogP contribution is 2.32. The average Bonchev–Trinajstić information content (AvgIpc) is 2.83. The van der Waals surface area contributed by atoms with Crippen molar-refractivity contribution in [3.8, 4) is 0 Å². The molecule has 2 heterocycles. The fourth-order valence-corrected chi connectivity index (χ4v) is 3.52. The minimum absolute atomic E-state index is 0.650. The molecular weight excluding hydrogens is 236 g/mol. The summed E-state index contributed by atoms with van der Waals surface area (Å²) in [6.45, 7) is 5.64. The third-order valence-corrected chi connectivity index (χ3v) is 4.42. The van der Waals surface area contributed by atoms with Crippen molar-refractivity contribution in [3.05, 3.63) is 29.8 Å². The molecule has 3 heteroatoms. The fraction of sp³-hybridized carbons (Fsp3) is 0.625. The molecule has 1 aromatic rings. The molecule has 0 bridgehead atoms. The highest BCUT2D eigenvalue weighted by atomic mass is 16.5. The lowest BCUT2D eigenvalue weighted by molar-refractivity contribution is 0.0884. The van der Waals surface area contributed by atoms with Crippen LogP contribution in [0.2, 0.25) is 0 Å². The van der Waals surface area contributed by atoms with Crippen molar-refractivity contribution in [2.75, 3.05) is 45.2 Å². The second-order valence-corrected chi connectivity index (χ2v) is 5.89. The van der Waals surface area contributed by atoms with Gasteiger partial charge in [0.2, 0.25) is 0 Å². The van der Waals surface area contributed by atoms with Crippen LogP contribution in [0.5, 0.6) is 0 Å². The summed E-state index contributed by atoms with van der Waals surface area (Å²) >= 11 is 0. The Bertz CT molecular complexity index is 419. The molecule has 0 radical (unpaired) electrons. The molecule has 1 fully saturated rings. The molecule has 2 atom stereocenters. The van der Waals surface area contributed by atoms with Crippen molar-refractivity contribution in [1.82, 2.24) is 4.90 Å². The highest BCUT2D eigenvalue weighted by Gasteiger charge is 2.26. The Hall–Kier alpha value is -1.06. The van der Waals surface area contributed by atoms with Crippen LogP contribution in [0, 0.1) is 5.92 Å². The molecular formula is C16H24N2O. The SMILES string of the molecule is COCC1CCCN(CC2CNc3ccccc32)C1. The number of likely N-dealkylation sites (tertiary alicyclic amines) is 1. The van der Waals surface area contributed by atoms with Gasteiger partial charge in [-0.25, -0.2) is 0 Å². The molecule has 19 heavy (non-hydrogen) atoms. The Morgan fingerprint density at radius 3 is 3.16 bits per heavy atom. The van der Waals surface area contributed by atoms with Crippen LogP contribution in [0.15, 0.2) is 24.3 Å². The van der Waals surface area contributed by atoms with E-state index < -0.39 is 0 Å². The van der Waals surface area contributed by atoms with Gasteiger partial charge in [0.05, 0.1) is 6.61 Å². The summed E-state index contributed by atoms with van der Waals surface area (Å²) in [4.78, 5) is 2.63. The standard InChI is InChI=1S/C16H24N2O/c1-19-12-13-5-4-8-18(10-13)11-14-9-17-16-7-3-2-6-15(14)16/h2-3,6-7,13-14,17H,4-5,8-12H2,1H3. The van der Waals surface area contributed by atoms with Gasteiger partial charge in [-0.05, 0) is 36.9 Å². The van der Waals surface area contributed by atoms with E-state index in [9.17, 15) is 0 Å². The molecule has 0 aliphatic carbocycles. The van der Waals surface area contributed by atoms with E-state index in [-0.39, 0.29) is 0 Å². The summed E-state index contributed by atoms with van der Waals surface area (Å²) in [5.74, 6) is 1.38. The summed E-state index contributed by atoms with van der Waals surface area (Å²) in [5, 5.41) is 3.52. The molecule has 1 aromatic carbocycles. The quantitative estimate of drug-likeness (QED) is 0.900. The van der Waals surface area contributed by atoms with Crippen LogP contribution in [0.25, 0.3) is 0 Å². The Morgan fingerprint density at radius 1 is 1.37 bits per heavy atom. The first kappa shape index (κ1) is 12.9. The predicted octanol–water partition coefficient (Wildman–Crippen LogP) is 2.55. The minimum Gasteiger partial charge on any atom is -0.384 e. The molecule has 0 amide bonds. The molecule has 3 rings (SSSR count). The number of nitrogens with zero attached hydrogens (tertiary/aromatic N) is 1. The maximum Gasteiger partial charge on any atom is 0.0502 e. The van der Waals surface area contributed by atoms with Gasteiger partial charge in [-0.3, -0.25) is 0 Å². The van der Waals surface area contributed by atoms with E-state index in [4.69, 9.17) is 4.74 Å². The van der Waals surface area contributed by atoms with Gasteiger partial charge in [-0.1, -0.05) is 18.2 Å². The molecule has 0 spiro atoms. The molecule has 2 aliphatic heterocycles. The molecule has 0 aromatic heterocycles. The van der Waals surface area contributed by atoms with E-state index in [0.717, 1.165) is 19.1 Å². The average molecular weight is 260 g/mol. The van der Waals surface area contributed by atoms with Gasteiger partial charge in [-0.15, -0.1) is 0 Å². The molecule has 104 valence electrons. The number of nitrogens with one attached hydrogen (secondary N) is 1. The second-order valence-electron chi connectivity index (χ2n) is 5.89. The summed E-state index contributed by atoms with van der Waals surface area (Å²) in [6, 6.07) is 8.74. The number of rotatable bonds is 4. The van der Waals surface area contributed by atoms with Crippen molar-refractivity contribution in [1.29, 1.82) is 0 Å². The lowest BCUT2D eigenvalue weighted by Gasteiger charge is -2.34. The van der Waals surface area contributed by atoms with E-state index in [2.05, 4.69) is 34.5 Å². The number of para-hydroxylation sites is 1. The van der Waals surface area contributed by atoms with Crippen LogP contribution < -0.4 is 5.32 Å². The van der Waals surface area contributed by atoms with E-state index in [1.54, 1.807) is 0 Å². The van der Waals surface area contributed by atoms with E-state index in [1.807, 2.05) is 7.11 Å². The maximum absolute atomic E-state index is 5.32. The van der Waals surface area contributed by atoms with E-state index in [1.165, 1.54) is 43.7 Å². The zero-order valence-electron chi connectivity index (χ0n) is 11.8. The molecule has 2 unspecified atom stereocenters. The highest BCUT2D eigenvalue weighted by molar-refractivity contribution is 5.57. The maximum atomic E-state index is 5.32. The van der Waals surface area contributed by atoms with Crippen molar-refractivity contribution in [3.63, 3.8) is 0 Å². The Morgan fingerprint density at radius 2 is 2.26 bits per heavy atom. The summed E-state index contributed by atoms with van der Waals surface area (Å²) in [7, 11) is 1.82. The third kappa shape index (κ3) is 2.93. The van der Waals surface area contributed by atoms with Gasteiger partial charge in [0, 0.05) is 38.3 Å². The largest absolute Gasteiger partial charge is 0.384 e. The van der Waals surface area contributed by atoms with Crippen LogP contribution in [-0.4, -0.2) is 44.8 Å². The molecule has 0 saturated carbocycles. The lowest BCUT2D eigenvalue weighted by atomic mass is 9.95. The minimum atomic E-state index is 0.650. The van der Waals surface area contributed by atoms with Crippen LogP contribution >= 0.6 is 0 Å². The normalized spacial score (nSPS) is 27.0. The molecule has 1 saturated heterocycles. The third-order valence-electron chi connectivity index (χ3n) is 4.42. The van der Waals surface area contributed by atoms with Gasteiger partial charge in [0.1, 0.15) is 0 Å². The predicted molar refractivity (Wildman–Crippen MR) is 78.7 cm³/mol. The first-order valence-corrected chi connectivity index (χ1v) is 7.41. The van der Waals surface area contributed by atoms with Crippen molar-refractivity contribution in [2.24, 2.45) is 5.92 Å². The monoisotopic (exact) mass is 260 g/mol.